The highest BCUT2D eigenvalue weighted by molar-refractivity contribution is 7.22. The first-order valence-corrected chi connectivity index (χ1v) is 9.47. The molecule has 9 nitrogen and oxygen atoms in total. The van der Waals surface area contributed by atoms with Gasteiger partial charge < -0.3 is 20.3 Å². The Balaban J connectivity index is 2.05. The van der Waals surface area contributed by atoms with Crippen molar-refractivity contribution in [2.24, 2.45) is 5.92 Å². The quantitative estimate of drug-likeness (QED) is 0.468. The van der Waals surface area contributed by atoms with Crippen molar-refractivity contribution < 1.29 is 29.3 Å². The molecular formula is C18H23N3O6S. The van der Waals surface area contributed by atoms with Crippen LogP contribution in [0, 0.1) is 5.92 Å². The van der Waals surface area contributed by atoms with Gasteiger partial charge in [0.2, 0.25) is 5.91 Å². The summed E-state index contributed by atoms with van der Waals surface area (Å²) in [6, 6.07) is 2.91. The van der Waals surface area contributed by atoms with Gasteiger partial charge in [-0.3, -0.25) is 19.7 Å². The van der Waals surface area contributed by atoms with Crippen LogP contribution in [0.4, 0.5) is 5.13 Å². The predicted molar refractivity (Wildman–Crippen MR) is 105 cm³/mol. The third kappa shape index (κ3) is 5.89. The van der Waals surface area contributed by atoms with E-state index in [4.69, 9.17) is 4.74 Å². The standard InChI is InChI=1S/C18H23N3O6S/c1-9(2)6-12(16(23)24)19-13(17(25)26)8-15(22)21-18-20-11-5-4-10(27-3)7-14(11)28-18/h4-5,7,9,12-13,19H,6,8H2,1-3H3,(H,23,24)(H,25,26)(H,20,21,22)/t12-,13?/m0/s1. The van der Waals surface area contributed by atoms with E-state index in [1.165, 1.54) is 11.3 Å². The Hall–Kier alpha value is -2.72. The Morgan fingerprint density at radius 1 is 1.18 bits per heavy atom. The average molecular weight is 409 g/mol. The lowest BCUT2D eigenvalue weighted by Crippen LogP contribution is -2.49. The summed E-state index contributed by atoms with van der Waals surface area (Å²) in [7, 11) is 1.55. The highest BCUT2D eigenvalue weighted by Gasteiger charge is 2.28. The van der Waals surface area contributed by atoms with Crippen molar-refractivity contribution in [3.05, 3.63) is 18.2 Å². The number of nitrogens with zero attached hydrogens (tertiary/aromatic N) is 1. The summed E-state index contributed by atoms with van der Waals surface area (Å²) in [4.78, 5) is 39.4. The van der Waals surface area contributed by atoms with Gasteiger partial charge in [-0.05, 0) is 30.5 Å². The number of benzene rings is 1. The van der Waals surface area contributed by atoms with Crippen LogP contribution in [0.1, 0.15) is 26.7 Å². The van der Waals surface area contributed by atoms with Gasteiger partial charge in [-0.1, -0.05) is 25.2 Å². The van der Waals surface area contributed by atoms with Crippen molar-refractivity contribution in [2.75, 3.05) is 12.4 Å². The molecule has 0 saturated carbocycles. The molecule has 2 atom stereocenters. The Morgan fingerprint density at radius 2 is 1.86 bits per heavy atom. The van der Waals surface area contributed by atoms with Crippen molar-refractivity contribution in [1.82, 2.24) is 10.3 Å². The van der Waals surface area contributed by atoms with Crippen molar-refractivity contribution >= 4 is 44.5 Å². The summed E-state index contributed by atoms with van der Waals surface area (Å²) in [5.41, 5.74) is 0.678. The zero-order valence-electron chi connectivity index (χ0n) is 15.8. The Morgan fingerprint density at radius 3 is 2.43 bits per heavy atom. The number of carboxylic acids is 2. The predicted octanol–water partition coefficient (Wildman–Crippen LogP) is 2.18. The number of methoxy groups -OCH3 is 1. The second-order valence-electron chi connectivity index (χ2n) is 6.68. The SMILES string of the molecule is COc1ccc2nc(NC(=O)CC(N[C@@H](CC(C)C)C(=O)O)C(=O)O)sc2c1. The molecule has 2 rings (SSSR count). The van der Waals surface area contributed by atoms with Crippen LogP contribution in [0.2, 0.25) is 0 Å². The van der Waals surface area contributed by atoms with Crippen molar-refractivity contribution in [1.29, 1.82) is 0 Å². The number of thiazole rings is 1. The Bertz CT molecular complexity index is 866. The van der Waals surface area contributed by atoms with Crippen molar-refractivity contribution in [3.8, 4) is 5.75 Å². The van der Waals surface area contributed by atoms with Crippen LogP contribution in [0.25, 0.3) is 10.2 Å². The van der Waals surface area contributed by atoms with Crippen molar-refractivity contribution in [3.63, 3.8) is 0 Å². The molecule has 10 heteroatoms. The number of aliphatic carboxylic acids is 2. The summed E-state index contributed by atoms with van der Waals surface area (Å²) in [5, 5.41) is 24.1. The molecule has 1 unspecified atom stereocenters. The van der Waals surface area contributed by atoms with E-state index < -0.39 is 36.4 Å². The van der Waals surface area contributed by atoms with E-state index >= 15 is 0 Å². The maximum Gasteiger partial charge on any atom is 0.321 e. The number of hydrogen-bond acceptors (Lipinski definition) is 7. The Kier molecular flexibility index (Phi) is 7.30. The van der Waals surface area contributed by atoms with Gasteiger partial charge in [0.15, 0.2) is 5.13 Å². The molecule has 0 fully saturated rings. The van der Waals surface area contributed by atoms with Crippen LogP contribution in [0.5, 0.6) is 5.75 Å². The molecule has 0 saturated heterocycles. The van der Waals surface area contributed by atoms with E-state index in [1.54, 1.807) is 25.3 Å². The van der Waals surface area contributed by atoms with E-state index in [0.29, 0.717) is 16.4 Å². The number of rotatable bonds is 10. The maximum absolute atomic E-state index is 12.3. The van der Waals surface area contributed by atoms with E-state index in [0.717, 1.165) is 4.70 Å². The fourth-order valence-corrected chi connectivity index (χ4v) is 3.52. The number of carboxylic acid groups (broad SMARTS) is 2. The Labute approximate surface area is 165 Å². The molecule has 2 aromatic rings. The fraction of sp³-hybridized carbons (Fsp3) is 0.444. The summed E-state index contributed by atoms with van der Waals surface area (Å²) in [6.07, 6.45) is -0.170. The molecular weight excluding hydrogens is 386 g/mol. The lowest BCUT2D eigenvalue weighted by atomic mass is 10.0. The molecule has 0 radical (unpaired) electrons. The van der Waals surface area contributed by atoms with Gasteiger partial charge in [0.25, 0.3) is 0 Å². The molecule has 28 heavy (non-hydrogen) atoms. The van der Waals surface area contributed by atoms with E-state index in [1.807, 2.05) is 13.8 Å². The van der Waals surface area contributed by atoms with Crippen LogP contribution >= 0.6 is 11.3 Å². The van der Waals surface area contributed by atoms with Crippen LogP contribution in [-0.2, 0) is 14.4 Å². The monoisotopic (exact) mass is 409 g/mol. The number of anilines is 1. The molecule has 1 heterocycles. The van der Waals surface area contributed by atoms with Crippen LogP contribution in [0.3, 0.4) is 0 Å². The first-order valence-electron chi connectivity index (χ1n) is 8.65. The molecule has 0 spiro atoms. The highest BCUT2D eigenvalue weighted by Crippen LogP contribution is 2.29. The van der Waals surface area contributed by atoms with Gasteiger partial charge in [-0.2, -0.15) is 0 Å². The van der Waals surface area contributed by atoms with Gasteiger partial charge >= 0.3 is 11.9 Å². The van der Waals surface area contributed by atoms with Gasteiger partial charge in [0.05, 0.1) is 23.7 Å². The van der Waals surface area contributed by atoms with Gasteiger partial charge in [0, 0.05) is 0 Å². The first kappa shape index (κ1) is 21.6. The molecule has 0 bridgehead atoms. The van der Waals surface area contributed by atoms with Gasteiger partial charge in [0.1, 0.15) is 17.8 Å². The third-order valence-electron chi connectivity index (χ3n) is 3.94. The zero-order valence-corrected chi connectivity index (χ0v) is 16.6. The van der Waals surface area contributed by atoms with Crippen molar-refractivity contribution in [2.45, 2.75) is 38.8 Å². The van der Waals surface area contributed by atoms with E-state index in [2.05, 4.69) is 15.6 Å². The second kappa shape index (κ2) is 9.47. The number of nitrogens with one attached hydrogen (secondary N) is 2. The smallest absolute Gasteiger partial charge is 0.321 e. The minimum atomic E-state index is -1.32. The number of fused-ring (bicyclic) bond motifs is 1. The maximum atomic E-state index is 12.3. The normalized spacial score (nSPS) is 13.3. The summed E-state index contributed by atoms with van der Waals surface area (Å²) in [5.74, 6) is -2.30. The molecule has 0 aliphatic rings. The van der Waals surface area contributed by atoms with Gasteiger partial charge in [-0.25, -0.2) is 4.98 Å². The molecule has 1 amide bonds. The summed E-state index contributed by atoms with van der Waals surface area (Å²) in [6.45, 7) is 3.67. The third-order valence-corrected chi connectivity index (χ3v) is 4.87. The molecule has 1 aromatic heterocycles. The lowest BCUT2D eigenvalue weighted by Gasteiger charge is -2.21. The second-order valence-corrected chi connectivity index (χ2v) is 7.71. The highest BCUT2D eigenvalue weighted by atomic mass is 32.1. The minimum absolute atomic E-state index is 0.0524. The average Bonchev–Trinajstić information content (AvgIpc) is 3.00. The molecule has 0 aliphatic carbocycles. The molecule has 0 aliphatic heterocycles. The van der Waals surface area contributed by atoms with E-state index in [9.17, 15) is 24.6 Å². The van der Waals surface area contributed by atoms with E-state index in [-0.39, 0.29) is 12.3 Å². The van der Waals surface area contributed by atoms with Crippen LogP contribution < -0.4 is 15.4 Å². The summed E-state index contributed by atoms with van der Waals surface area (Å²) >= 11 is 1.23. The minimum Gasteiger partial charge on any atom is -0.497 e. The van der Waals surface area contributed by atoms with Crippen LogP contribution in [0.15, 0.2) is 18.2 Å². The summed E-state index contributed by atoms with van der Waals surface area (Å²) < 4.78 is 5.96. The molecule has 4 N–H and O–H groups in total. The van der Waals surface area contributed by atoms with Crippen LogP contribution in [-0.4, -0.2) is 52.2 Å². The number of ether oxygens (including phenoxy) is 1. The molecule has 152 valence electrons. The number of hydrogen-bond donors (Lipinski definition) is 4. The zero-order chi connectivity index (χ0) is 20.8. The number of aromatic nitrogens is 1. The van der Waals surface area contributed by atoms with Gasteiger partial charge in [-0.15, -0.1) is 0 Å². The lowest BCUT2D eigenvalue weighted by molar-refractivity contribution is -0.144. The first-order chi connectivity index (χ1) is 13.2. The number of carbonyl (C=O) groups is 3. The largest absolute Gasteiger partial charge is 0.497 e. The molecule has 1 aromatic carbocycles. The number of carbonyl (C=O) groups excluding carboxylic acids is 1. The topological polar surface area (TPSA) is 138 Å². The number of amides is 1. The fourth-order valence-electron chi connectivity index (χ4n) is 2.61.